The molecule has 3 heterocycles. The molecule has 5 aromatic rings. The summed E-state index contributed by atoms with van der Waals surface area (Å²) < 4.78 is 12.1. The van der Waals surface area contributed by atoms with Crippen LogP contribution in [0.15, 0.2) is 59.0 Å². The molecule has 0 aliphatic heterocycles. The zero-order chi connectivity index (χ0) is 17.1. The molecule has 0 saturated heterocycles. The Kier molecular flexibility index (Phi) is 3.00. The van der Waals surface area contributed by atoms with Gasteiger partial charge in [0.25, 0.3) is 10.5 Å². The lowest BCUT2D eigenvalue weighted by Crippen LogP contribution is -2.31. The van der Waals surface area contributed by atoms with E-state index >= 15 is 0 Å². The highest BCUT2D eigenvalue weighted by molar-refractivity contribution is 7.21. The number of nitrogens with zero attached hydrogens (tertiary/aromatic N) is 2. The first-order valence-corrected chi connectivity index (χ1v) is 9.18. The monoisotopic (exact) mass is 346 g/mol. The van der Waals surface area contributed by atoms with E-state index in [2.05, 4.69) is 72.3 Å². The third-order valence-corrected chi connectivity index (χ3v) is 6.09. The van der Waals surface area contributed by atoms with Gasteiger partial charge >= 0.3 is 5.71 Å². The molecule has 3 nitrogen and oxygen atoms in total. The van der Waals surface area contributed by atoms with Crippen molar-refractivity contribution < 1.29 is 13.4 Å². The van der Waals surface area contributed by atoms with Gasteiger partial charge in [-0.25, -0.2) is 0 Å². The van der Waals surface area contributed by atoms with Gasteiger partial charge in [-0.15, -0.1) is 4.40 Å². The van der Waals surface area contributed by atoms with Crippen LogP contribution in [0, 0.1) is 13.8 Å². The van der Waals surface area contributed by atoms with Crippen LogP contribution in [0.2, 0.25) is 0 Å². The first kappa shape index (κ1) is 14.6. The van der Waals surface area contributed by atoms with Crippen molar-refractivity contribution in [2.45, 2.75) is 13.8 Å². The summed E-state index contributed by atoms with van der Waals surface area (Å²) in [5.74, 6) is 0. The average molecular weight is 346 g/mol. The molecule has 25 heavy (non-hydrogen) atoms. The number of hydrogen-bond donors (Lipinski definition) is 0. The molecule has 0 N–H and O–H groups in total. The second-order valence-corrected chi connectivity index (χ2v) is 7.52. The normalized spacial score (nSPS) is 11.8. The van der Waals surface area contributed by atoms with Crippen LogP contribution in [0.25, 0.3) is 37.6 Å². The number of oxazole rings is 1. The number of hydrogen-bond acceptors (Lipinski definition) is 2. The highest BCUT2D eigenvalue weighted by atomic mass is 32.1. The quantitative estimate of drug-likeness (QED) is 0.410. The number of aromatic nitrogens is 2. The van der Waals surface area contributed by atoms with Crippen molar-refractivity contribution in [3.05, 3.63) is 65.9 Å². The van der Waals surface area contributed by atoms with Crippen molar-refractivity contribution in [3.63, 3.8) is 0 Å². The maximum atomic E-state index is 6.31. The molecule has 0 aliphatic rings. The van der Waals surface area contributed by atoms with Gasteiger partial charge in [0.15, 0.2) is 11.3 Å². The lowest BCUT2D eigenvalue weighted by Gasteiger charge is -1.99. The molecule has 0 atom stereocenters. The van der Waals surface area contributed by atoms with Crippen molar-refractivity contribution in [3.8, 4) is 10.6 Å². The van der Waals surface area contributed by atoms with Crippen molar-refractivity contribution >= 4 is 38.4 Å². The molecule has 2 aromatic carbocycles. The van der Waals surface area contributed by atoms with E-state index in [-0.39, 0.29) is 0 Å². The van der Waals surface area contributed by atoms with Crippen molar-refractivity contribution in [2.24, 2.45) is 7.05 Å². The standard InChI is InChI=1S/C21H18N2OS/c1-13-12-14(2)23-15-8-4-6-10-17(15)24-20(23)19(13)21-22(3)16-9-5-7-11-18(16)25-21/h4-12H,1-3H3/q+2. The van der Waals surface area contributed by atoms with Crippen LogP contribution in [0.5, 0.6) is 0 Å². The Hall–Kier alpha value is -2.72. The molecule has 4 heteroatoms. The third-order valence-electron chi connectivity index (χ3n) is 4.85. The zero-order valence-electron chi connectivity index (χ0n) is 14.4. The molecule has 122 valence electrons. The Morgan fingerprint density at radius 1 is 0.920 bits per heavy atom. The number of thiazole rings is 1. The SMILES string of the molecule is Cc1cc(C)[n+]2c(oc3ccccc32)c1-c1sc2ccccc2[n+]1C. The number of pyridine rings is 1. The minimum Gasteiger partial charge on any atom is -0.397 e. The maximum Gasteiger partial charge on any atom is 0.395 e. The van der Waals surface area contributed by atoms with Gasteiger partial charge in [-0.2, -0.15) is 4.57 Å². The van der Waals surface area contributed by atoms with Gasteiger partial charge < -0.3 is 4.42 Å². The van der Waals surface area contributed by atoms with Crippen LogP contribution in [-0.2, 0) is 7.05 Å². The molecule has 0 radical (unpaired) electrons. The third kappa shape index (κ3) is 1.98. The minimum atomic E-state index is 0.917. The number of para-hydroxylation sites is 3. The highest BCUT2D eigenvalue weighted by Crippen LogP contribution is 2.34. The number of rotatable bonds is 1. The first-order chi connectivity index (χ1) is 12.1. The van der Waals surface area contributed by atoms with Gasteiger partial charge in [-0.05, 0) is 24.6 Å². The van der Waals surface area contributed by atoms with Gasteiger partial charge in [-0.1, -0.05) is 35.6 Å². The molecule has 0 bridgehead atoms. The van der Waals surface area contributed by atoms with Gasteiger partial charge in [0, 0.05) is 25.1 Å². The van der Waals surface area contributed by atoms with Crippen LogP contribution in [0.3, 0.4) is 0 Å². The molecule has 0 unspecified atom stereocenters. The van der Waals surface area contributed by atoms with Crippen molar-refractivity contribution in [1.82, 2.24) is 0 Å². The van der Waals surface area contributed by atoms with E-state index in [1.54, 1.807) is 0 Å². The summed E-state index contributed by atoms with van der Waals surface area (Å²) in [6.07, 6.45) is 0. The van der Waals surface area contributed by atoms with Gasteiger partial charge in [-0.3, -0.25) is 0 Å². The molecule has 0 spiro atoms. The van der Waals surface area contributed by atoms with Gasteiger partial charge in [0.05, 0.1) is 0 Å². The summed E-state index contributed by atoms with van der Waals surface area (Å²) in [7, 11) is 2.13. The fraction of sp³-hybridized carbons (Fsp3) is 0.143. The average Bonchev–Trinajstić information content (AvgIpc) is 3.14. The Bertz CT molecular complexity index is 1280. The zero-order valence-corrected chi connectivity index (χ0v) is 15.2. The molecule has 3 aromatic heterocycles. The molecule has 0 aliphatic carbocycles. The van der Waals surface area contributed by atoms with Crippen LogP contribution in [0.4, 0.5) is 0 Å². The molecule has 5 rings (SSSR count). The van der Waals surface area contributed by atoms with Crippen molar-refractivity contribution in [1.29, 1.82) is 0 Å². The van der Waals surface area contributed by atoms with E-state index in [1.165, 1.54) is 32.0 Å². The molecule has 0 fully saturated rings. The van der Waals surface area contributed by atoms with E-state index in [0.717, 1.165) is 16.8 Å². The van der Waals surface area contributed by atoms with Gasteiger partial charge in [0.1, 0.15) is 11.7 Å². The Labute approximate surface area is 149 Å². The topological polar surface area (TPSA) is 21.1 Å². The van der Waals surface area contributed by atoms with E-state index < -0.39 is 0 Å². The predicted octanol–water partition coefficient (Wildman–Crippen LogP) is 4.49. The fourth-order valence-corrected chi connectivity index (χ4v) is 4.95. The predicted molar refractivity (Wildman–Crippen MR) is 101 cm³/mol. The summed E-state index contributed by atoms with van der Waals surface area (Å²) >= 11 is 1.81. The Morgan fingerprint density at radius 2 is 1.64 bits per heavy atom. The van der Waals surface area contributed by atoms with Crippen LogP contribution >= 0.6 is 11.3 Å². The fourth-order valence-electron chi connectivity index (χ4n) is 3.70. The number of fused-ring (bicyclic) bond motifs is 4. The number of aryl methyl sites for hydroxylation is 3. The Balaban J connectivity index is 1.97. The van der Waals surface area contributed by atoms with E-state index in [4.69, 9.17) is 4.42 Å². The molecule has 0 amide bonds. The lowest BCUT2D eigenvalue weighted by atomic mass is 10.1. The van der Waals surface area contributed by atoms with Crippen LogP contribution in [0.1, 0.15) is 11.3 Å². The van der Waals surface area contributed by atoms with E-state index in [0.29, 0.717) is 0 Å². The molecular weight excluding hydrogens is 328 g/mol. The van der Waals surface area contributed by atoms with Crippen molar-refractivity contribution in [2.75, 3.05) is 0 Å². The summed E-state index contributed by atoms with van der Waals surface area (Å²) in [4.78, 5) is 0. The van der Waals surface area contributed by atoms with Crippen LogP contribution in [-0.4, -0.2) is 0 Å². The maximum absolute atomic E-state index is 6.31. The first-order valence-electron chi connectivity index (χ1n) is 8.36. The second kappa shape index (κ2) is 5.14. The molecular formula is C21H18N2OS+2. The second-order valence-electron chi connectivity index (χ2n) is 6.49. The van der Waals surface area contributed by atoms with E-state index in [9.17, 15) is 0 Å². The smallest absolute Gasteiger partial charge is 0.395 e. The Morgan fingerprint density at radius 3 is 2.44 bits per heavy atom. The number of benzene rings is 2. The molecule has 0 saturated carbocycles. The highest BCUT2D eigenvalue weighted by Gasteiger charge is 2.31. The lowest BCUT2D eigenvalue weighted by molar-refractivity contribution is -0.629. The van der Waals surface area contributed by atoms with E-state index in [1.807, 2.05) is 23.5 Å². The van der Waals surface area contributed by atoms with Crippen LogP contribution < -0.4 is 8.97 Å². The van der Waals surface area contributed by atoms with Gasteiger partial charge in [0.2, 0.25) is 11.1 Å². The summed E-state index contributed by atoms with van der Waals surface area (Å²) in [5.41, 5.74) is 7.79. The minimum absolute atomic E-state index is 0.917. The summed E-state index contributed by atoms with van der Waals surface area (Å²) in [5, 5.41) is 1.22. The summed E-state index contributed by atoms with van der Waals surface area (Å²) in [6, 6.07) is 19.0. The summed E-state index contributed by atoms with van der Waals surface area (Å²) in [6.45, 7) is 4.30. The largest absolute Gasteiger partial charge is 0.397 e.